The molecule has 21 heavy (non-hydrogen) atoms. The van der Waals surface area contributed by atoms with Crippen LogP contribution in [-0.4, -0.2) is 35.7 Å². The third kappa shape index (κ3) is 3.71. The minimum Gasteiger partial charge on any atom is -0.356 e. The third-order valence-electron chi connectivity index (χ3n) is 4.21. The first-order valence-corrected chi connectivity index (χ1v) is 7.77. The van der Waals surface area contributed by atoms with Crippen LogP contribution in [0, 0.1) is 17.8 Å². The van der Waals surface area contributed by atoms with Gasteiger partial charge < -0.3 is 5.32 Å². The van der Waals surface area contributed by atoms with E-state index in [0.717, 1.165) is 6.42 Å². The number of nitrogens with one attached hydrogen (secondary N) is 1. The molecule has 2 atom stereocenters. The molecule has 2 rings (SSSR count). The summed E-state index contributed by atoms with van der Waals surface area (Å²) >= 11 is 0. The molecule has 1 heterocycles. The van der Waals surface area contributed by atoms with E-state index in [1.807, 2.05) is 12.2 Å². The maximum absolute atomic E-state index is 12.2. The van der Waals surface area contributed by atoms with Crippen molar-refractivity contribution in [3.63, 3.8) is 0 Å². The lowest BCUT2D eigenvalue weighted by Gasteiger charge is -2.14. The molecule has 0 saturated carbocycles. The fraction of sp³-hybridized carbons (Fsp3) is 0.688. The molecule has 1 fully saturated rings. The predicted molar refractivity (Wildman–Crippen MR) is 79.2 cm³/mol. The Bertz CT molecular complexity index is 430. The normalized spacial score (nSPS) is 24.6. The number of fused-ring (bicyclic) bond motifs is 1. The van der Waals surface area contributed by atoms with E-state index in [9.17, 15) is 14.4 Å². The molecule has 0 bridgehead atoms. The SMILES string of the molecule is CC(C)CCNC(=O)CCN1C(=O)[C@H]2CC=CC[C@@H]2C1=O. The Morgan fingerprint density at radius 2 is 1.81 bits per heavy atom. The number of nitrogens with zero attached hydrogens (tertiary/aromatic N) is 1. The molecule has 1 saturated heterocycles. The van der Waals surface area contributed by atoms with Crippen LogP contribution >= 0.6 is 0 Å². The molecule has 1 N–H and O–H groups in total. The Kier molecular flexibility index (Phi) is 5.15. The van der Waals surface area contributed by atoms with Crippen LogP contribution in [0.3, 0.4) is 0 Å². The highest BCUT2D eigenvalue weighted by Crippen LogP contribution is 2.34. The minimum atomic E-state index is -0.202. The average Bonchev–Trinajstić information content (AvgIpc) is 2.69. The topological polar surface area (TPSA) is 66.5 Å². The molecule has 0 unspecified atom stereocenters. The molecule has 116 valence electrons. The monoisotopic (exact) mass is 292 g/mol. The first kappa shape index (κ1) is 15.7. The van der Waals surface area contributed by atoms with Gasteiger partial charge in [-0.15, -0.1) is 0 Å². The zero-order valence-electron chi connectivity index (χ0n) is 12.8. The molecular formula is C16H24N2O3. The van der Waals surface area contributed by atoms with Gasteiger partial charge in [-0.25, -0.2) is 0 Å². The number of imide groups is 1. The number of amides is 3. The number of hydrogen-bond donors (Lipinski definition) is 1. The van der Waals surface area contributed by atoms with Crippen LogP contribution in [0.1, 0.15) is 39.5 Å². The Labute approximate surface area is 125 Å². The second-order valence-corrected chi connectivity index (χ2v) is 6.27. The molecule has 5 nitrogen and oxygen atoms in total. The summed E-state index contributed by atoms with van der Waals surface area (Å²) in [6.07, 6.45) is 6.35. The van der Waals surface area contributed by atoms with Gasteiger partial charge in [0.25, 0.3) is 0 Å². The number of carbonyl (C=O) groups excluding carboxylic acids is 3. The second-order valence-electron chi connectivity index (χ2n) is 6.27. The molecule has 0 spiro atoms. The molecular weight excluding hydrogens is 268 g/mol. The van der Waals surface area contributed by atoms with Gasteiger partial charge in [0.1, 0.15) is 0 Å². The summed E-state index contributed by atoms with van der Waals surface area (Å²) in [5.74, 6) is -0.168. The summed E-state index contributed by atoms with van der Waals surface area (Å²) in [5.41, 5.74) is 0. The molecule has 0 radical (unpaired) electrons. The van der Waals surface area contributed by atoms with Crippen molar-refractivity contribution in [3.05, 3.63) is 12.2 Å². The van der Waals surface area contributed by atoms with Crippen LogP contribution in [0.4, 0.5) is 0 Å². The molecule has 1 aliphatic heterocycles. The summed E-state index contributed by atoms with van der Waals surface area (Å²) in [6, 6.07) is 0. The predicted octanol–water partition coefficient (Wildman–Crippen LogP) is 1.49. The third-order valence-corrected chi connectivity index (χ3v) is 4.21. The van der Waals surface area contributed by atoms with Crippen LogP contribution in [0.15, 0.2) is 12.2 Å². The molecule has 0 aromatic heterocycles. The Morgan fingerprint density at radius 1 is 1.24 bits per heavy atom. The highest BCUT2D eigenvalue weighted by atomic mass is 16.2. The lowest BCUT2D eigenvalue weighted by atomic mass is 9.85. The Morgan fingerprint density at radius 3 is 2.33 bits per heavy atom. The second kappa shape index (κ2) is 6.87. The number of rotatable bonds is 6. The van der Waals surface area contributed by atoms with Gasteiger partial charge in [0.15, 0.2) is 0 Å². The van der Waals surface area contributed by atoms with Gasteiger partial charge >= 0.3 is 0 Å². The molecule has 5 heteroatoms. The minimum absolute atomic E-state index is 0.0933. The number of likely N-dealkylation sites (tertiary alicyclic amines) is 1. The van der Waals surface area contributed by atoms with Gasteiger partial charge in [0.2, 0.25) is 17.7 Å². The van der Waals surface area contributed by atoms with Crippen LogP contribution < -0.4 is 5.32 Å². The van der Waals surface area contributed by atoms with E-state index in [4.69, 9.17) is 0 Å². The van der Waals surface area contributed by atoms with E-state index in [0.29, 0.717) is 25.3 Å². The first-order chi connectivity index (χ1) is 10.0. The van der Waals surface area contributed by atoms with E-state index in [-0.39, 0.29) is 42.5 Å². The quantitative estimate of drug-likeness (QED) is 0.596. The summed E-state index contributed by atoms with van der Waals surface area (Å²) in [4.78, 5) is 37.4. The zero-order chi connectivity index (χ0) is 15.4. The van der Waals surface area contributed by atoms with Gasteiger partial charge in [-0.1, -0.05) is 26.0 Å². The standard InChI is InChI=1S/C16H24N2O3/c1-11(2)7-9-17-14(19)8-10-18-15(20)12-5-3-4-6-13(12)16(18)21/h3-4,11-13H,5-10H2,1-2H3,(H,17,19)/t12-,13-/m0/s1. The van der Waals surface area contributed by atoms with Crippen molar-refractivity contribution in [2.75, 3.05) is 13.1 Å². The van der Waals surface area contributed by atoms with Crippen LogP contribution in [0.5, 0.6) is 0 Å². The fourth-order valence-corrected chi connectivity index (χ4v) is 2.89. The molecule has 0 aromatic carbocycles. The van der Waals surface area contributed by atoms with Crippen molar-refractivity contribution in [2.45, 2.75) is 39.5 Å². The van der Waals surface area contributed by atoms with E-state index < -0.39 is 0 Å². The number of carbonyl (C=O) groups is 3. The largest absolute Gasteiger partial charge is 0.356 e. The van der Waals surface area contributed by atoms with E-state index >= 15 is 0 Å². The smallest absolute Gasteiger partial charge is 0.233 e. The van der Waals surface area contributed by atoms with Crippen molar-refractivity contribution < 1.29 is 14.4 Å². The molecule has 0 aromatic rings. The van der Waals surface area contributed by atoms with Crippen molar-refractivity contribution in [1.29, 1.82) is 0 Å². The van der Waals surface area contributed by atoms with Gasteiger partial charge in [-0.3, -0.25) is 19.3 Å². The lowest BCUT2D eigenvalue weighted by molar-refractivity contribution is -0.140. The maximum Gasteiger partial charge on any atom is 0.233 e. The molecule has 2 aliphatic rings. The highest BCUT2D eigenvalue weighted by molar-refractivity contribution is 6.05. The van der Waals surface area contributed by atoms with Crippen LogP contribution in [0.2, 0.25) is 0 Å². The van der Waals surface area contributed by atoms with Gasteiger partial charge in [0.05, 0.1) is 11.8 Å². The van der Waals surface area contributed by atoms with Gasteiger partial charge in [-0.2, -0.15) is 0 Å². The maximum atomic E-state index is 12.2. The van der Waals surface area contributed by atoms with Crippen LogP contribution in [-0.2, 0) is 14.4 Å². The lowest BCUT2D eigenvalue weighted by Crippen LogP contribution is -2.35. The number of hydrogen-bond acceptors (Lipinski definition) is 3. The van der Waals surface area contributed by atoms with E-state index in [2.05, 4.69) is 19.2 Å². The number of allylic oxidation sites excluding steroid dienone is 2. The van der Waals surface area contributed by atoms with E-state index in [1.165, 1.54) is 4.90 Å². The molecule has 3 amide bonds. The average molecular weight is 292 g/mol. The van der Waals surface area contributed by atoms with Crippen molar-refractivity contribution in [1.82, 2.24) is 10.2 Å². The fourth-order valence-electron chi connectivity index (χ4n) is 2.89. The summed E-state index contributed by atoms with van der Waals surface area (Å²) in [6.45, 7) is 5.05. The van der Waals surface area contributed by atoms with Crippen molar-refractivity contribution in [2.24, 2.45) is 17.8 Å². The van der Waals surface area contributed by atoms with E-state index in [1.54, 1.807) is 0 Å². The molecule has 1 aliphatic carbocycles. The Balaban J connectivity index is 1.79. The summed E-state index contributed by atoms with van der Waals surface area (Å²) < 4.78 is 0. The Hall–Kier alpha value is -1.65. The zero-order valence-corrected chi connectivity index (χ0v) is 12.8. The van der Waals surface area contributed by atoms with Gasteiger partial charge in [-0.05, 0) is 25.2 Å². The summed E-state index contributed by atoms with van der Waals surface area (Å²) in [7, 11) is 0. The van der Waals surface area contributed by atoms with Crippen molar-refractivity contribution in [3.8, 4) is 0 Å². The van der Waals surface area contributed by atoms with Crippen LogP contribution in [0.25, 0.3) is 0 Å². The van der Waals surface area contributed by atoms with Crippen molar-refractivity contribution >= 4 is 17.7 Å². The van der Waals surface area contributed by atoms with Gasteiger partial charge in [0, 0.05) is 19.5 Å². The highest BCUT2D eigenvalue weighted by Gasteiger charge is 2.46. The first-order valence-electron chi connectivity index (χ1n) is 7.77. The summed E-state index contributed by atoms with van der Waals surface area (Å²) in [5, 5.41) is 2.83.